The van der Waals surface area contributed by atoms with Crippen molar-refractivity contribution < 1.29 is 14.2 Å². The lowest BCUT2D eigenvalue weighted by Crippen LogP contribution is -2.23. The van der Waals surface area contributed by atoms with Crippen molar-refractivity contribution in [2.24, 2.45) is 5.92 Å². The normalized spacial score (nSPS) is 16.4. The van der Waals surface area contributed by atoms with E-state index >= 15 is 0 Å². The van der Waals surface area contributed by atoms with E-state index in [0.29, 0.717) is 18.3 Å². The van der Waals surface area contributed by atoms with E-state index in [1.54, 1.807) is 0 Å². The van der Waals surface area contributed by atoms with Gasteiger partial charge in [-0.1, -0.05) is 20.3 Å². The Morgan fingerprint density at radius 3 is 2.61 bits per heavy atom. The van der Waals surface area contributed by atoms with Gasteiger partial charge in [0.1, 0.15) is 11.6 Å². The molecule has 1 fully saturated rings. The maximum atomic E-state index is 13.6. The Labute approximate surface area is 108 Å². The Balaban J connectivity index is 2.10. The molecule has 1 aliphatic rings. The van der Waals surface area contributed by atoms with Crippen molar-refractivity contribution in [3.05, 3.63) is 29.6 Å². The summed E-state index contributed by atoms with van der Waals surface area (Å²) in [5, 5.41) is 9.33. The third kappa shape index (κ3) is 3.02. The minimum absolute atomic E-state index is 0.0154. The summed E-state index contributed by atoms with van der Waals surface area (Å²) in [6.07, 6.45) is 3.70. The number of rotatable bonds is 5. The first-order chi connectivity index (χ1) is 8.51. The van der Waals surface area contributed by atoms with Gasteiger partial charge < -0.3 is 9.84 Å². The summed E-state index contributed by atoms with van der Waals surface area (Å²) in [5.74, 6) is 0.888. The SMILES string of the molecule is CC(C)(CO)c1cc(F)cc(OCC2CCC2)c1. The van der Waals surface area contributed by atoms with Crippen LogP contribution in [0.5, 0.6) is 5.75 Å². The highest BCUT2D eigenvalue weighted by molar-refractivity contribution is 5.34. The first kappa shape index (κ1) is 13.3. The van der Waals surface area contributed by atoms with Gasteiger partial charge in [-0.25, -0.2) is 4.39 Å². The monoisotopic (exact) mass is 252 g/mol. The molecule has 2 rings (SSSR count). The summed E-state index contributed by atoms with van der Waals surface area (Å²) in [4.78, 5) is 0. The van der Waals surface area contributed by atoms with Crippen LogP contribution in [0.25, 0.3) is 0 Å². The van der Waals surface area contributed by atoms with Crippen molar-refractivity contribution in [3.8, 4) is 5.75 Å². The van der Waals surface area contributed by atoms with Crippen LogP contribution in [0.2, 0.25) is 0 Å². The molecule has 1 saturated carbocycles. The van der Waals surface area contributed by atoms with E-state index in [1.807, 2.05) is 19.9 Å². The lowest BCUT2D eigenvalue weighted by molar-refractivity contribution is 0.179. The number of hydrogen-bond donors (Lipinski definition) is 1. The van der Waals surface area contributed by atoms with E-state index in [9.17, 15) is 9.50 Å². The smallest absolute Gasteiger partial charge is 0.127 e. The molecule has 100 valence electrons. The number of benzene rings is 1. The molecule has 0 radical (unpaired) electrons. The van der Waals surface area contributed by atoms with Gasteiger partial charge in [-0.15, -0.1) is 0 Å². The fourth-order valence-corrected chi connectivity index (χ4v) is 2.00. The molecule has 1 aliphatic carbocycles. The molecule has 3 heteroatoms. The van der Waals surface area contributed by atoms with Crippen LogP contribution in [0.1, 0.15) is 38.7 Å². The summed E-state index contributed by atoms with van der Waals surface area (Å²) < 4.78 is 19.2. The first-order valence-electron chi connectivity index (χ1n) is 6.56. The topological polar surface area (TPSA) is 29.5 Å². The van der Waals surface area contributed by atoms with Crippen LogP contribution in [0, 0.1) is 11.7 Å². The van der Waals surface area contributed by atoms with Crippen molar-refractivity contribution >= 4 is 0 Å². The van der Waals surface area contributed by atoms with Crippen molar-refractivity contribution in [2.45, 2.75) is 38.5 Å². The summed E-state index contributed by atoms with van der Waals surface area (Å²) in [6, 6.07) is 4.71. The molecule has 1 aromatic carbocycles. The highest BCUT2D eigenvalue weighted by Crippen LogP contribution is 2.30. The second kappa shape index (κ2) is 5.27. The fourth-order valence-electron chi connectivity index (χ4n) is 2.00. The van der Waals surface area contributed by atoms with Crippen LogP contribution in [0.4, 0.5) is 4.39 Å². The largest absolute Gasteiger partial charge is 0.493 e. The predicted octanol–water partition coefficient (Wildman–Crippen LogP) is 3.27. The average molecular weight is 252 g/mol. The Morgan fingerprint density at radius 1 is 1.33 bits per heavy atom. The van der Waals surface area contributed by atoms with E-state index in [4.69, 9.17) is 4.74 Å². The highest BCUT2D eigenvalue weighted by Gasteiger charge is 2.22. The van der Waals surface area contributed by atoms with Crippen LogP contribution in [-0.2, 0) is 5.41 Å². The van der Waals surface area contributed by atoms with Gasteiger partial charge in [0.25, 0.3) is 0 Å². The van der Waals surface area contributed by atoms with Crippen molar-refractivity contribution in [3.63, 3.8) is 0 Å². The third-order valence-corrected chi connectivity index (χ3v) is 3.76. The summed E-state index contributed by atoms with van der Waals surface area (Å²) in [7, 11) is 0. The molecular formula is C15H21FO2. The Bertz CT molecular complexity index is 411. The molecule has 18 heavy (non-hydrogen) atoms. The maximum absolute atomic E-state index is 13.6. The van der Waals surface area contributed by atoms with E-state index in [0.717, 1.165) is 5.56 Å². The number of halogens is 1. The van der Waals surface area contributed by atoms with E-state index in [1.165, 1.54) is 31.4 Å². The van der Waals surface area contributed by atoms with Crippen molar-refractivity contribution in [1.82, 2.24) is 0 Å². The van der Waals surface area contributed by atoms with Crippen molar-refractivity contribution in [1.29, 1.82) is 0 Å². The second-order valence-corrected chi connectivity index (χ2v) is 5.83. The van der Waals surface area contributed by atoms with Crippen LogP contribution in [0.15, 0.2) is 18.2 Å². The fraction of sp³-hybridized carbons (Fsp3) is 0.600. The van der Waals surface area contributed by atoms with Crippen molar-refractivity contribution in [2.75, 3.05) is 13.2 Å². The molecule has 1 aromatic rings. The molecule has 0 bridgehead atoms. The van der Waals surface area contributed by atoms with Gasteiger partial charge in [0.05, 0.1) is 13.2 Å². The molecule has 0 atom stereocenters. The maximum Gasteiger partial charge on any atom is 0.127 e. The lowest BCUT2D eigenvalue weighted by atomic mass is 9.85. The Hall–Kier alpha value is -1.09. The number of aliphatic hydroxyl groups is 1. The molecule has 0 spiro atoms. The minimum atomic E-state index is -0.448. The number of ether oxygens (including phenoxy) is 1. The Morgan fingerprint density at radius 2 is 2.06 bits per heavy atom. The van der Waals surface area contributed by atoms with Gasteiger partial charge >= 0.3 is 0 Å². The van der Waals surface area contributed by atoms with Gasteiger partial charge in [-0.3, -0.25) is 0 Å². The molecular weight excluding hydrogens is 231 g/mol. The quantitative estimate of drug-likeness (QED) is 0.871. The summed E-state index contributed by atoms with van der Waals surface area (Å²) in [5.41, 5.74) is 0.324. The van der Waals surface area contributed by atoms with Gasteiger partial charge in [-0.2, -0.15) is 0 Å². The average Bonchev–Trinajstić information content (AvgIpc) is 2.26. The molecule has 0 aliphatic heterocycles. The molecule has 2 nitrogen and oxygen atoms in total. The molecule has 0 aromatic heterocycles. The molecule has 0 amide bonds. The molecule has 0 saturated heterocycles. The van der Waals surface area contributed by atoms with E-state index in [2.05, 4.69) is 0 Å². The molecule has 0 heterocycles. The van der Waals surface area contributed by atoms with Crippen LogP contribution >= 0.6 is 0 Å². The molecule has 1 N–H and O–H groups in total. The van der Waals surface area contributed by atoms with Crippen LogP contribution in [0.3, 0.4) is 0 Å². The first-order valence-corrected chi connectivity index (χ1v) is 6.56. The zero-order valence-electron chi connectivity index (χ0n) is 11.1. The zero-order valence-corrected chi connectivity index (χ0v) is 11.1. The standard InChI is InChI=1S/C15H21FO2/c1-15(2,10-17)12-6-13(16)8-14(7-12)18-9-11-4-3-5-11/h6-8,11,17H,3-5,9-10H2,1-2H3. The van der Waals surface area contributed by atoms with Gasteiger partial charge in [0.15, 0.2) is 0 Å². The number of hydrogen-bond acceptors (Lipinski definition) is 2. The number of aliphatic hydroxyl groups excluding tert-OH is 1. The van der Waals surface area contributed by atoms with Crippen LogP contribution < -0.4 is 4.74 Å². The second-order valence-electron chi connectivity index (χ2n) is 5.83. The van der Waals surface area contributed by atoms with Gasteiger partial charge in [-0.05, 0) is 36.5 Å². The third-order valence-electron chi connectivity index (χ3n) is 3.76. The lowest BCUT2D eigenvalue weighted by Gasteiger charge is -2.26. The highest BCUT2D eigenvalue weighted by atomic mass is 19.1. The minimum Gasteiger partial charge on any atom is -0.493 e. The Kier molecular flexibility index (Phi) is 3.91. The van der Waals surface area contributed by atoms with Crippen LogP contribution in [-0.4, -0.2) is 18.3 Å². The zero-order chi connectivity index (χ0) is 13.2. The van der Waals surface area contributed by atoms with E-state index in [-0.39, 0.29) is 12.4 Å². The summed E-state index contributed by atoms with van der Waals surface area (Å²) in [6.45, 7) is 4.43. The predicted molar refractivity (Wildman–Crippen MR) is 69.3 cm³/mol. The molecule has 0 unspecified atom stereocenters. The van der Waals surface area contributed by atoms with Gasteiger partial charge in [0, 0.05) is 11.5 Å². The summed E-state index contributed by atoms with van der Waals surface area (Å²) >= 11 is 0. The van der Waals surface area contributed by atoms with Gasteiger partial charge in [0.2, 0.25) is 0 Å². The van der Waals surface area contributed by atoms with E-state index < -0.39 is 5.41 Å².